The standard InChI is InChI=1S/C9H14N2O2/c1-3-5-6-11-8(12)7(4-2)10-9(11)13/h4H,3,5-6H2,1-2H3,(H,10,13). The molecule has 13 heavy (non-hydrogen) atoms. The van der Waals surface area contributed by atoms with Gasteiger partial charge >= 0.3 is 6.03 Å². The van der Waals surface area contributed by atoms with E-state index < -0.39 is 0 Å². The van der Waals surface area contributed by atoms with E-state index in [0.29, 0.717) is 12.2 Å². The van der Waals surface area contributed by atoms with Crippen LogP contribution in [-0.2, 0) is 4.79 Å². The number of imide groups is 1. The van der Waals surface area contributed by atoms with Crippen LogP contribution in [0.25, 0.3) is 0 Å². The van der Waals surface area contributed by atoms with Crippen LogP contribution >= 0.6 is 0 Å². The zero-order valence-corrected chi connectivity index (χ0v) is 7.96. The fourth-order valence-corrected chi connectivity index (χ4v) is 1.19. The summed E-state index contributed by atoms with van der Waals surface area (Å²) in [4.78, 5) is 23.9. The molecule has 4 nitrogen and oxygen atoms in total. The van der Waals surface area contributed by atoms with Crippen molar-refractivity contribution < 1.29 is 9.59 Å². The van der Waals surface area contributed by atoms with Crippen molar-refractivity contribution in [3.05, 3.63) is 11.8 Å². The first-order valence-electron chi connectivity index (χ1n) is 4.49. The van der Waals surface area contributed by atoms with Crippen LogP contribution in [-0.4, -0.2) is 23.4 Å². The molecule has 1 aliphatic heterocycles. The van der Waals surface area contributed by atoms with Crippen molar-refractivity contribution in [3.63, 3.8) is 0 Å². The largest absolute Gasteiger partial charge is 0.328 e. The highest BCUT2D eigenvalue weighted by atomic mass is 16.2. The number of carbonyl (C=O) groups excluding carboxylic acids is 2. The van der Waals surface area contributed by atoms with Crippen LogP contribution in [0.4, 0.5) is 4.79 Å². The number of urea groups is 1. The van der Waals surface area contributed by atoms with Gasteiger partial charge in [0.05, 0.1) is 0 Å². The molecule has 3 amide bonds. The highest BCUT2D eigenvalue weighted by Crippen LogP contribution is 2.09. The van der Waals surface area contributed by atoms with Crippen LogP contribution < -0.4 is 5.32 Å². The van der Waals surface area contributed by atoms with Gasteiger partial charge in [0.15, 0.2) is 0 Å². The van der Waals surface area contributed by atoms with E-state index in [1.165, 1.54) is 4.90 Å². The summed E-state index contributed by atoms with van der Waals surface area (Å²) in [5.74, 6) is -0.207. The molecule has 0 aromatic heterocycles. The van der Waals surface area contributed by atoms with Gasteiger partial charge in [0.1, 0.15) is 5.70 Å². The monoisotopic (exact) mass is 182 g/mol. The molecule has 0 unspecified atom stereocenters. The number of hydrogen-bond acceptors (Lipinski definition) is 2. The number of rotatable bonds is 3. The first-order valence-corrected chi connectivity index (χ1v) is 4.49. The summed E-state index contributed by atoms with van der Waals surface area (Å²) in [5.41, 5.74) is 0.390. The van der Waals surface area contributed by atoms with E-state index in [-0.39, 0.29) is 11.9 Å². The minimum absolute atomic E-state index is 0.207. The molecule has 0 saturated carbocycles. The van der Waals surface area contributed by atoms with Gasteiger partial charge in [-0.3, -0.25) is 9.69 Å². The molecule has 0 aromatic carbocycles. The molecule has 1 aliphatic rings. The fourth-order valence-electron chi connectivity index (χ4n) is 1.19. The minimum atomic E-state index is -0.299. The highest BCUT2D eigenvalue weighted by Gasteiger charge is 2.31. The number of unbranched alkanes of at least 4 members (excludes halogenated alkanes) is 1. The molecule has 1 saturated heterocycles. The number of amides is 3. The van der Waals surface area contributed by atoms with Gasteiger partial charge in [0.2, 0.25) is 0 Å². The van der Waals surface area contributed by atoms with E-state index in [1.54, 1.807) is 13.0 Å². The van der Waals surface area contributed by atoms with Crippen molar-refractivity contribution in [3.8, 4) is 0 Å². The van der Waals surface area contributed by atoms with E-state index >= 15 is 0 Å². The second kappa shape index (κ2) is 4.07. The van der Waals surface area contributed by atoms with E-state index in [9.17, 15) is 9.59 Å². The lowest BCUT2D eigenvalue weighted by Gasteiger charge is -2.09. The third kappa shape index (κ3) is 1.88. The minimum Gasteiger partial charge on any atom is -0.303 e. The van der Waals surface area contributed by atoms with E-state index in [0.717, 1.165) is 12.8 Å². The maximum Gasteiger partial charge on any atom is 0.328 e. The summed E-state index contributed by atoms with van der Waals surface area (Å²) in [6, 6.07) is -0.299. The van der Waals surface area contributed by atoms with E-state index in [4.69, 9.17) is 0 Å². The van der Waals surface area contributed by atoms with Gasteiger partial charge in [0.25, 0.3) is 5.91 Å². The van der Waals surface area contributed by atoms with Gasteiger partial charge in [-0.25, -0.2) is 4.79 Å². The summed E-state index contributed by atoms with van der Waals surface area (Å²) in [6.45, 7) is 4.27. The summed E-state index contributed by atoms with van der Waals surface area (Å²) in [7, 11) is 0. The molecule has 0 aliphatic carbocycles. The normalized spacial score (nSPS) is 19.8. The molecule has 0 aromatic rings. The molecule has 0 spiro atoms. The van der Waals surface area contributed by atoms with Crippen molar-refractivity contribution in [2.75, 3.05) is 6.54 Å². The molecule has 4 heteroatoms. The molecule has 1 rings (SSSR count). The first-order chi connectivity index (χ1) is 6.20. The quantitative estimate of drug-likeness (QED) is 0.527. The van der Waals surface area contributed by atoms with Crippen molar-refractivity contribution in [2.24, 2.45) is 0 Å². The van der Waals surface area contributed by atoms with Crippen molar-refractivity contribution >= 4 is 11.9 Å². The molecule has 1 heterocycles. The van der Waals surface area contributed by atoms with Crippen molar-refractivity contribution in [1.82, 2.24) is 10.2 Å². The Morgan fingerprint density at radius 3 is 2.62 bits per heavy atom. The molecule has 1 fully saturated rings. The van der Waals surface area contributed by atoms with Crippen LogP contribution in [0.5, 0.6) is 0 Å². The Hall–Kier alpha value is -1.32. The zero-order valence-electron chi connectivity index (χ0n) is 7.96. The highest BCUT2D eigenvalue weighted by molar-refractivity contribution is 6.11. The molecule has 0 bridgehead atoms. The van der Waals surface area contributed by atoms with Crippen LogP contribution in [0, 0.1) is 0 Å². The fraction of sp³-hybridized carbons (Fsp3) is 0.556. The Labute approximate surface area is 77.6 Å². The third-order valence-electron chi connectivity index (χ3n) is 1.99. The van der Waals surface area contributed by atoms with Gasteiger partial charge in [-0.05, 0) is 13.3 Å². The Bertz CT molecular complexity index is 258. The number of hydrogen-bond donors (Lipinski definition) is 1. The van der Waals surface area contributed by atoms with E-state index in [1.807, 2.05) is 6.92 Å². The smallest absolute Gasteiger partial charge is 0.303 e. The molecular formula is C9H14N2O2. The second-order valence-corrected chi connectivity index (χ2v) is 2.94. The average Bonchev–Trinajstić information content (AvgIpc) is 2.39. The SMILES string of the molecule is CC=C1NC(=O)N(CCCC)C1=O. The topological polar surface area (TPSA) is 49.4 Å². The molecule has 0 atom stereocenters. The Morgan fingerprint density at radius 2 is 2.15 bits per heavy atom. The summed E-state index contributed by atoms with van der Waals surface area (Å²) in [6.07, 6.45) is 3.45. The van der Waals surface area contributed by atoms with Gasteiger partial charge in [0, 0.05) is 6.54 Å². The van der Waals surface area contributed by atoms with E-state index in [2.05, 4.69) is 5.32 Å². The van der Waals surface area contributed by atoms with Crippen LogP contribution in [0.15, 0.2) is 11.8 Å². The maximum atomic E-state index is 11.4. The lowest BCUT2D eigenvalue weighted by Crippen LogP contribution is -2.31. The van der Waals surface area contributed by atoms with Gasteiger partial charge in [-0.15, -0.1) is 0 Å². The van der Waals surface area contributed by atoms with Crippen LogP contribution in [0.1, 0.15) is 26.7 Å². The second-order valence-electron chi connectivity index (χ2n) is 2.94. The summed E-state index contributed by atoms with van der Waals surface area (Å²) < 4.78 is 0. The Kier molecular flexibility index (Phi) is 3.06. The third-order valence-corrected chi connectivity index (χ3v) is 1.99. The van der Waals surface area contributed by atoms with Crippen LogP contribution in [0.3, 0.4) is 0 Å². The zero-order chi connectivity index (χ0) is 9.84. The molecular weight excluding hydrogens is 168 g/mol. The van der Waals surface area contributed by atoms with Crippen molar-refractivity contribution in [2.45, 2.75) is 26.7 Å². The Morgan fingerprint density at radius 1 is 1.46 bits per heavy atom. The lowest BCUT2D eigenvalue weighted by molar-refractivity contribution is -0.123. The number of nitrogens with zero attached hydrogens (tertiary/aromatic N) is 1. The summed E-state index contributed by atoms with van der Waals surface area (Å²) in [5, 5.41) is 2.51. The average molecular weight is 182 g/mol. The maximum absolute atomic E-state index is 11.4. The van der Waals surface area contributed by atoms with Crippen molar-refractivity contribution in [1.29, 1.82) is 0 Å². The lowest BCUT2D eigenvalue weighted by atomic mass is 10.3. The molecule has 0 radical (unpaired) electrons. The predicted octanol–water partition coefficient (Wildman–Crippen LogP) is 1.24. The molecule has 1 N–H and O–H groups in total. The number of nitrogens with one attached hydrogen (secondary N) is 1. The van der Waals surface area contributed by atoms with Crippen LogP contribution in [0.2, 0.25) is 0 Å². The molecule has 72 valence electrons. The van der Waals surface area contributed by atoms with Gasteiger partial charge in [-0.1, -0.05) is 19.4 Å². The number of allylic oxidation sites excluding steroid dienone is 1. The number of carbonyl (C=O) groups is 2. The first kappa shape index (κ1) is 9.77. The predicted molar refractivity (Wildman–Crippen MR) is 48.9 cm³/mol. The van der Waals surface area contributed by atoms with Gasteiger partial charge in [-0.2, -0.15) is 0 Å². The summed E-state index contributed by atoms with van der Waals surface area (Å²) >= 11 is 0. The van der Waals surface area contributed by atoms with Gasteiger partial charge < -0.3 is 5.32 Å². The Balaban J connectivity index is 2.65.